The van der Waals surface area contributed by atoms with Crippen molar-refractivity contribution in [2.75, 3.05) is 25.6 Å². The summed E-state index contributed by atoms with van der Waals surface area (Å²) in [6.07, 6.45) is 3.34. The van der Waals surface area contributed by atoms with Crippen LogP contribution >= 0.6 is 0 Å². The van der Waals surface area contributed by atoms with Gasteiger partial charge >= 0.3 is 13.1 Å². The molecule has 3 rings (SSSR count). The number of fused-ring (bicyclic) bond motifs is 1. The summed E-state index contributed by atoms with van der Waals surface area (Å²) in [5.41, 5.74) is 3.01. The molecule has 2 aliphatic heterocycles. The minimum atomic E-state index is -0.956. The maximum atomic E-state index is 12.5. The molecule has 2 heterocycles. The first-order valence-corrected chi connectivity index (χ1v) is 12.9. The van der Waals surface area contributed by atoms with E-state index in [1.54, 1.807) is 13.0 Å². The molecule has 0 aromatic heterocycles. The fourth-order valence-electron chi connectivity index (χ4n) is 4.34. The molecule has 0 radical (unpaired) electrons. The molecule has 1 fully saturated rings. The van der Waals surface area contributed by atoms with Crippen LogP contribution in [0.4, 0.5) is 5.69 Å². The minimum Gasteiger partial charge on any atom is -0.490 e. The van der Waals surface area contributed by atoms with Crippen molar-refractivity contribution in [3.05, 3.63) is 60.2 Å². The molecule has 8 heteroatoms. The number of esters is 1. The van der Waals surface area contributed by atoms with Crippen molar-refractivity contribution in [3.63, 3.8) is 0 Å². The average Bonchev–Trinajstić information content (AvgIpc) is 3.06. The van der Waals surface area contributed by atoms with Crippen molar-refractivity contribution in [2.24, 2.45) is 0 Å². The van der Waals surface area contributed by atoms with Crippen LogP contribution < -0.4 is 15.5 Å². The van der Waals surface area contributed by atoms with E-state index in [0.29, 0.717) is 24.2 Å². The van der Waals surface area contributed by atoms with Gasteiger partial charge in [-0.15, -0.1) is 0 Å². The molecule has 0 bridgehead atoms. The van der Waals surface area contributed by atoms with Gasteiger partial charge in [0.05, 0.1) is 29.6 Å². The van der Waals surface area contributed by atoms with Crippen molar-refractivity contribution in [1.29, 1.82) is 0 Å². The zero-order valence-corrected chi connectivity index (χ0v) is 24.2. The second-order valence-electron chi connectivity index (χ2n) is 11.5. The molecule has 1 aromatic carbocycles. The van der Waals surface area contributed by atoms with Gasteiger partial charge in [-0.2, -0.15) is 0 Å². The monoisotopic (exact) mass is 523 g/mol. The van der Waals surface area contributed by atoms with Crippen LogP contribution in [0.2, 0.25) is 0 Å². The Hall–Kier alpha value is -2.81. The lowest BCUT2D eigenvalue weighted by atomic mass is 9.75. The number of rotatable bonds is 10. The third-order valence-electron chi connectivity index (χ3n) is 7.32. The van der Waals surface area contributed by atoms with Gasteiger partial charge in [0.15, 0.2) is 6.10 Å². The molecule has 0 amide bonds. The number of carbonyl (C=O) groups is 1. The Kier molecular flexibility index (Phi) is 8.71. The van der Waals surface area contributed by atoms with Crippen molar-refractivity contribution < 1.29 is 28.3 Å². The Bertz CT molecular complexity index is 1130. The lowest BCUT2D eigenvalue weighted by Gasteiger charge is -2.32. The molecule has 7 nitrogen and oxygen atoms in total. The second kappa shape index (κ2) is 11.1. The van der Waals surface area contributed by atoms with Crippen LogP contribution in [0.15, 0.2) is 54.7 Å². The number of carbonyl (C=O) groups excluding carboxylic acids is 1. The normalized spacial score (nSPS) is 19.1. The van der Waals surface area contributed by atoms with Gasteiger partial charge in [0.25, 0.3) is 0 Å². The van der Waals surface area contributed by atoms with Crippen molar-refractivity contribution in [3.8, 4) is 5.75 Å². The number of anilines is 1. The number of nitrogens with one attached hydrogen (secondary N) is 1. The summed E-state index contributed by atoms with van der Waals surface area (Å²) >= 11 is 0. The highest BCUT2D eigenvalue weighted by molar-refractivity contribution is 6.63. The molecule has 0 spiro atoms. The summed E-state index contributed by atoms with van der Waals surface area (Å²) in [6, 6.07) is 4.04. The number of allylic oxidation sites excluding steroid dienone is 1. The van der Waals surface area contributed by atoms with Gasteiger partial charge in [0.1, 0.15) is 12.4 Å². The third-order valence-corrected chi connectivity index (χ3v) is 7.32. The molecule has 0 saturated carbocycles. The van der Waals surface area contributed by atoms with E-state index in [0.717, 1.165) is 34.6 Å². The van der Waals surface area contributed by atoms with Gasteiger partial charge in [-0.1, -0.05) is 37.5 Å². The lowest BCUT2D eigenvalue weighted by molar-refractivity contribution is -0.160. The molecule has 206 valence electrons. The number of benzene rings is 1. The summed E-state index contributed by atoms with van der Waals surface area (Å²) in [7, 11) is 0.773. The average molecular weight is 523 g/mol. The summed E-state index contributed by atoms with van der Waals surface area (Å²) in [6.45, 7) is 27.0. The van der Waals surface area contributed by atoms with E-state index in [1.165, 1.54) is 7.11 Å². The number of hydrogen-bond acceptors (Lipinski definition) is 7. The molecule has 1 N–H and O–H groups in total. The first-order valence-electron chi connectivity index (χ1n) is 12.9. The molecule has 1 aromatic rings. The molecular weight excluding hydrogens is 481 g/mol. The zero-order chi connectivity index (χ0) is 28.5. The van der Waals surface area contributed by atoms with Crippen LogP contribution in [0.1, 0.15) is 60.5 Å². The van der Waals surface area contributed by atoms with Crippen LogP contribution in [0.25, 0.3) is 6.08 Å². The van der Waals surface area contributed by atoms with Crippen molar-refractivity contribution >= 4 is 30.3 Å². The highest BCUT2D eigenvalue weighted by Crippen LogP contribution is 2.38. The Morgan fingerprint density at radius 3 is 2.39 bits per heavy atom. The van der Waals surface area contributed by atoms with Gasteiger partial charge in [-0.05, 0) is 82.8 Å². The number of methoxy groups -OCH3 is 1. The Labute approximate surface area is 228 Å². The second-order valence-corrected chi connectivity index (χ2v) is 11.5. The lowest BCUT2D eigenvalue weighted by Crippen LogP contribution is -2.41. The quantitative estimate of drug-likeness (QED) is 0.256. The standard InChI is InChI=1S/C30H42BNO6/c1-12-21(18-28(5,6)36-26(27(33)34-11)20(4)19(2)3)15-22-16-25-24(32-13-14-35-25)17-23(22)31-37-29(7,8)30(9,10)38-31/h12,15-17,26,32H,1-2,4,13-14,18H2,3,5-11H3. The molecular formula is C30H42BNO6. The van der Waals surface area contributed by atoms with E-state index < -0.39 is 36.0 Å². The van der Waals surface area contributed by atoms with Crippen LogP contribution in [0.5, 0.6) is 5.75 Å². The van der Waals surface area contributed by atoms with E-state index in [4.69, 9.17) is 23.5 Å². The molecule has 0 aliphatic carbocycles. The van der Waals surface area contributed by atoms with Crippen LogP contribution in [-0.2, 0) is 23.6 Å². The smallest absolute Gasteiger partial charge is 0.490 e. The summed E-state index contributed by atoms with van der Waals surface area (Å²) in [4.78, 5) is 12.5. The van der Waals surface area contributed by atoms with Gasteiger partial charge in [0.2, 0.25) is 0 Å². The largest absolute Gasteiger partial charge is 0.495 e. The molecule has 1 unspecified atom stereocenters. The van der Waals surface area contributed by atoms with Gasteiger partial charge in [-0.25, -0.2) is 4.79 Å². The van der Waals surface area contributed by atoms with Crippen LogP contribution in [0, 0.1) is 0 Å². The highest BCUT2D eigenvalue weighted by Gasteiger charge is 2.52. The topological polar surface area (TPSA) is 75.3 Å². The Balaban J connectivity index is 1.98. The number of hydrogen-bond donors (Lipinski definition) is 1. The molecule has 2 aliphatic rings. The predicted molar refractivity (Wildman–Crippen MR) is 154 cm³/mol. The van der Waals surface area contributed by atoms with E-state index in [2.05, 4.69) is 25.1 Å². The zero-order valence-electron chi connectivity index (χ0n) is 24.2. The molecule has 38 heavy (non-hydrogen) atoms. The molecule has 1 atom stereocenters. The Morgan fingerprint density at radius 2 is 1.84 bits per heavy atom. The van der Waals surface area contributed by atoms with Crippen LogP contribution in [-0.4, -0.2) is 56.3 Å². The summed E-state index contributed by atoms with van der Waals surface area (Å²) < 4.78 is 29.9. The number of ether oxygens (including phenoxy) is 3. The Morgan fingerprint density at radius 1 is 1.21 bits per heavy atom. The van der Waals surface area contributed by atoms with Gasteiger partial charge in [0, 0.05) is 13.0 Å². The van der Waals surface area contributed by atoms with E-state index >= 15 is 0 Å². The minimum absolute atomic E-state index is 0.465. The van der Waals surface area contributed by atoms with Crippen LogP contribution in [0.3, 0.4) is 0 Å². The summed E-state index contributed by atoms with van der Waals surface area (Å²) in [5.74, 6) is 0.253. The predicted octanol–water partition coefficient (Wildman–Crippen LogP) is 5.22. The fourth-order valence-corrected chi connectivity index (χ4v) is 4.34. The maximum absolute atomic E-state index is 12.5. The fraction of sp³-hybridized carbons (Fsp3) is 0.500. The maximum Gasteiger partial charge on any atom is 0.495 e. The van der Waals surface area contributed by atoms with E-state index in [9.17, 15) is 4.79 Å². The first-order chi connectivity index (χ1) is 17.6. The van der Waals surface area contributed by atoms with Crippen molar-refractivity contribution in [2.45, 2.75) is 77.8 Å². The SMILES string of the molecule is C=CC(=Cc1cc2c(cc1B1OC(C)(C)C(C)(C)O1)NCCO2)CC(C)(C)OC(C(=C)C(=C)C)C(=O)OC. The van der Waals surface area contributed by atoms with E-state index in [1.807, 2.05) is 59.8 Å². The van der Waals surface area contributed by atoms with Crippen molar-refractivity contribution in [1.82, 2.24) is 0 Å². The molecule has 1 saturated heterocycles. The third kappa shape index (κ3) is 6.42. The van der Waals surface area contributed by atoms with E-state index in [-0.39, 0.29) is 0 Å². The highest BCUT2D eigenvalue weighted by atomic mass is 16.7. The first kappa shape index (κ1) is 29.7. The summed E-state index contributed by atoms with van der Waals surface area (Å²) in [5, 5.41) is 3.40. The van der Waals surface area contributed by atoms with Gasteiger partial charge in [-0.3, -0.25) is 0 Å². The van der Waals surface area contributed by atoms with Gasteiger partial charge < -0.3 is 28.8 Å².